The second-order valence-electron chi connectivity index (χ2n) is 4.18. The van der Waals surface area contributed by atoms with Crippen LogP contribution in [0.4, 0.5) is 13.2 Å². The summed E-state index contributed by atoms with van der Waals surface area (Å²) in [6, 6.07) is 5.87. The fraction of sp³-hybridized carbons (Fsp3) is 0.0714. The van der Waals surface area contributed by atoms with Crippen molar-refractivity contribution < 1.29 is 18.0 Å². The minimum atomic E-state index is -0.975. The highest BCUT2D eigenvalue weighted by Gasteiger charge is 2.18. The van der Waals surface area contributed by atoms with Crippen molar-refractivity contribution in [2.24, 2.45) is 0 Å². The summed E-state index contributed by atoms with van der Waals surface area (Å²) in [6.07, 6.45) is 0. The van der Waals surface area contributed by atoms with Crippen LogP contribution in [-0.2, 0) is 6.54 Å². The summed E-state index contributed by atoms with van der Waals surface area (Å²) in [4.78, 5) is 11.8. The largest absolute Gasteiger partial charge is 0.348 e. The maximum atomic E-state index is 13.6. The van der Waals surface area contributed by atoms with Gasteiger partial charge in [0.25, 0.3) is 5.91 Å². The average molecular weight is 379 g/mol. The quantitative estimate of drug-likeness (QED) is 0.840. The molecule has 7 heteroatoms. The third kappa shape index (κ3) is 3.77. The van der Waals surface area contributed by atoms with Crippen LogP contribution in [0.5, 0.6) is 0 Å². The lowest BCUT2D eigenvalue weighted by Crippen LogP contribution is -2.25. The average Bonchev–Trinajstić information content (AvgIpc) is 2.39. The molecule has 1 amide bonds. The number of benzene rings is 2. The number of rotatable bonds is 3. The maximum Gasteiger partial charge on any atom is 0.257 e. The molecule has 0 aliphatic rings. The smallest absolute Gasteiger partial charge is 0.257 e. The number of amides is 1. The molecule has 1 N–H and O–H groups in total. The van der Waals surface area contributed by atoms with Crippen LogP contribution in [0, 0.1) is 17.5 Å². The molecule has 0 fully saturated rings. The summed E-state index contributed by atoms with van der Waals surface area (Å²) in [5.74, 6) is -3.44. The number of nitrogens with one attached hydrogen (secondary N) is 1. The number of hydrogen-bond donors (Lipinski definition) is 1. The van der Waals surface area contributed by atoms with Gasteiger partial charge in [-0.25, -0.2) is 13.2 Å². The van der Waals surface area contributed by atoms with E-state index in [2.05, 4.69) is 21.2 Å². The summed E-state index contributed by atoms with van der Waals surface area (Å²) in [6.45, 7) is -0.0340. The van der Waals surface area contributed by atoms with Crippen LogP contribution in [0.2, 0.25) is 5.02 Å². The van der Waals surface area contributed by atoms with Crippen LogP contribution in [0.3, 0.4) is 0 Å². The predicted molar refractivity (Wildman–Crippen MR) is 76.6 cm³/mol. The van der Waals surface area contributed by atoms with Crippen LogP contribution < -0.4 is 5.32 Å². The monoisotopic (exact) mass is 377 g/mol. The van der Waals surface area contributed by atoms with E-state index in [9.17, 15) is 18.0 Å². The molecule has 2 rings (SSSR count). The third-order valence-corrected chi connectivity index (χ3v) is 3.42. The highest BCUT2D eigenvalue weighted by atomic mass is 79.9. The molecule has 0 aromatic heterocycles. The number of halogens is 5. The van der Waals surface area contributed by atoms with Gasteiger partial charge in [-0.05, 0) is 29.8 Å². The van der Waals surface area contributed by atoms with Crippen molar-refractivity contribution in [2.75, 3.05) is 0 Å². The molecule has 0 aliphatic carbocycles. The number of hydrogen-bond acceptors (Lipinski definition) is 1. The Balaban J connectivity index is 2.13. The Bertz CT molecular complexity index is 686. The van der Waals surface area contributed by atoms with E-state index in [1.165, 1.54) is 12.1 Å². The molecular weight excluding hydrogens is 371 g/mol. The number of carbonyl (C=O) groups excluding carboxylic acids is 1. The summed E-state index contributed by atoms with van der Waals surface area (Å²) >= 11 is 8.53. The first kappa shape index (κ1) is 15.9. The van der Waals surface area contributed by atoms with Gasteiger partial charge in [0.05, 0.1) is 5.02 Å². The van der Waals surface area contributed by atoms with E-state index >= 15 is 0 Å². The zero-order chi connectivity index (χ0) is 15.6. The molecular formula is C14H8BrClF3NO. The molecule has 0 heterocycles. The SMILES string of the molecule is O=C(NCc1ccc(F)c(Cl)c1)c1c(F)cc(Br)cc1F. The minimum absolute atomic E-state index is 0.0340. The summed E-state index contributed by atoms with van der Waals surface area (Å²) in [7, 11) is 0. The highest BCUT2D eigenvalue weighted by molar-refractivity contribution is 9.10. The summed E-state index contributed by atoms with van der Waals surface area (Å²) in [5.41, 5.74) is -0.168. The molecule has 21 heavy (non-hydrogen) atoms. The molecule has 110 valence electrons. The second-order valence-corrected chi connectivity index (χ2v) is 5.50. The van der Waals surface area contributed by atoms with Crippen molar-refractivity contribution in [3.63, 3.8) is 0 Å². The van der Waals surface area contributed by atoms with Crippen molar-refractivity contribution in [2.45, 2.75) is 6.54 Å². The topological polar surface area (TPSA) is 29.1 Å². The fourth-order valence-electron chi connectivity index (χ4n) is 1.68. The lowest BCUT2D eigenvalue weighted by Gasteiger charge is -2.08. The van der Waals surface area contributed by atoms with Crippen LogP contribution in [-0.4, -0.2) is 5.91 Å². The first-order valence-electron chi connectivity index (χ1n) is 5.75. The Kier molecular flexibility index (Phi) is 4.90. The lowest BCUT2D eigenvalue weighted by atomic mass is 10.1. The van der Waals surface area contributed by atoms with Gasteiger partial charge in [-0.15, -0.1) is 0 Å². The molecule has 0 atom stereocenters. The second kappa shape index (κ2) is 6.49. The van der Waals surface area contributed by atoms with Crippen molar-refractivity contribution in [3.05, 3.63) is 68.4 Å². The van der Waals surface area contributed by atoms with Gasteiger partial charge in [0.2, 0.25) is 0 Å². The first-order valence-corrected chi connectivity index (χ1v) is 6.92. The van der Waals surface area contributed by atoms with Gasteiger partial charge in [0.15, 0.2) is 0 Å². The van der Waals surface area contributed by atoms with E-state index < -0.39 is 28.9 Å². The lowest BCUT2D eigenvalue weighted by molar-refractivity contribution is 0.0942. The van der Waals surface area contributed by atoms with E-state index in [-0.39, 0.29) is 16.0 Å². The van der Waals surface area contributed by atoms with Gasteiger partial charge in [-0.3, -0.25) is 4.79 Å². The standard InChI is InChI=1S/C14H8BrClF3NO/c15-8-4-11(18)13(12(19)5-8)14(21)20-6-7-1-2-10(17)9(16)3-7/h1-5H,6H2,(H,20,21). The molecule has 0 spiro atoms. The Morgan fingerprint density at radius 1 is 1.10 bits per heavy atom. The van der Waals surface area contributed by atoms with Gasteiger partial charge >= 0.3 is 0 Å². The Hall–Kier alpha value is -1.53. The Morgan fingerprint density at radius 3 is 2.29 bits per heavy atom. The van der Waals surface area contributed by atoms with E-state index in [0.29, 0.717) is 5.56 Å². The molecule has 2 aromatic carbocycles. The first-order chi connectivity index (χ1) is 9.88. The summed E-state index contributed by atoms with van der Waals surface area (Å²) in [5, 5.41) is 2.25. The van der Waals surface area contributed by atoms with Crippen molar-refractivity contribution in [3.8, 4) is 0 Å². The predicted octanol–water partition coefficient (Wildman–Crippen LogP) is 4.45. The highest BCUT2D eigenvalue weighted by Crippen LogP contribution is 2.20. The maximum absolute atomic E-state index is 13.6. The van der Waals surface area contributed by atoms with Crippen molar-refractivity contribution in [1.29, 1.82) is 0 Å². The van der Waals surface area contributed by atoms with E-state index in [4.69, 9.17) is 11.6 Å². The zero-order valence-corrected chi connectivity index (χ0v) is 12.7. The Morgan fingerprint density at radius 2 is 1.71 bits per heavy atom. The van der Waals surface area contributed by atoms with Gasteiger partial charge in [-0.1, -0.05) is 33.6 Å². The van der Waals surface area contributed by atoms with Crippen LogP contribution >= 0.6 is 27.5 Å². The molecule has 0 unspecified atom stereocenters. The molecule has 0 aliphatic heterocycles. The van der Waals surface area contributed by atoms with Crippen molar-refractivity contribution >= 4 is 33.4 Å². The number of carbonyl (C=O) groups is 1. The summed E-state index contributed by atoms with van der Waals surface area (Å²) < 4.78 is 40.4. The van der Waals surface area contributed by atoms with Crippen LogP contribution in [0.25, 0.3) is 0 Å². The van der Waals surface area contributed by atoms with Gasteiger partial charge < -0.3 is 5.32 Å². The molecule has 2 aromatic rings. The third-order valence-electron chi connectivity index (χ3n) is 2.67. The normalized spacial score (nSPS) is 10.5. The van der Waals surface area contributed by atoms with Gasteiger partial charge in [-0.2, -0.15) is 0 Å². The minimum Gasteiger partial charge on any atom is -0.348 e. The van der Waals surface area contributed by atoms with Gasteiger partial charge in [0, 0.05) is 11.0 Å². The molecule has 0 saturated carbocycles. The van der Waals surface area contributed by atoms with E-state index in [1.54, 1.807) is 0 Å². The molecule has 2 nitrogen and oxygen atoms in total. The van der Waals surface area contributed by atoms with Crippen LogP contribution in [0.15, 0.2) is 34.8 Å². The molecule has 0 radical (unpaired) electrons. The Labute approximate surface area is 132 Å². The van der Waals surface area contributed by atoms with Crippen LogP contribution in [0.1, 0.15) is 15.9 Å². The van der Waals surface area contributed by atoms with E-state index in [0.717, 1.165) is 18.2 Å². The van der Waals surface area contributed by atoms with Crippen molar-refractivity contribution in [1.82, 2.24) is 5.32 Å². The molecule has 0 bridgehead atoms. The fourth-order valence-corrected chi connectivity index (χ4v) is 2.28. The van der Waals surface area contributed by atoms with E-state index in [1.807, 2.05) is 0 Å². The van der Waals surface area contributed by atoms with Gasteiger partial charge in [0.1, 0.15) is 23.0 Å². The molecule has 0 saturated heterocycles. The zero-order valence-electron chi connectivity index (χ0n) is 10.4.